The van der Waals surface area contributed by atoms with Crippen LogP contribution in [0.4, 0.5) is 0 Å². The summed E-state index contributed by atoms with van der Waals surface area (Å²) in [5, 5.41) is 31.3. The molecule has 0 bridgehead atoms. The van der Waals surface area contributed by atoms with Gasteiger partial charge in [-0.1, -0.05) is 183 Å². The molecule has 663 valence electrons. The van der Waals surface area contributed by atoms with E-state index in [4.69, 9.17) is 43.5 Å². The van der Waals surface area contributed by atoms with Crippen LogP contribution in [-0.4, -0.2) is 62.6 Å². The maximum absolute atomic E-state index is 10.0. The maximum Gasteiger partial charge on any atom is 0.216 e. The minimum atomic E-state index is -0.125. The molecular weight excluding hydrogens is 2190 g/mol. The van der Waals surface area contributed by atoms with Gasteiger partial charge in [0.2, 0.25) is 17.1 Å². The summed E-state index contributed by atoms with van der Waals surface area (Å²) >= 11 is 5.39. The minimum Gasteiger partial charge on any atom is -0.512 e. The second kappa shape index (κ2) is 42.1. The molecule has 0 spiro atoms. The molecule has 0 unspecified atom stereocenters. The van der Waals surface area contributed by atoms with Crippen molar-refractivity contribution in [3.05, 3.63) is 287 Å². The Labute approximate surface area is 800 Å². The molecule has 15 nitrogen and oxygen atoms in total. The topological polar surface area (TPSA) is 229 Å². The molecule has 12 aromatic heterocycles. The number of thiophene rings is 3. The number of ketones is 3. The minimum absolute atomic E-state index is 0. The Morgan fingerprint density at radius 1 is 0.367 bits per heavy atom. The van der Waals surface area contributed by atoms with Crippen LogP contribution in [-0.2, 0) is 85.5 Å². The Morgan fingerprint density at radius 3 is 0.984 bits per heavy atom. The van der Waals surface area contributed by atoms with Gasteiger partial charge in [0.15, 0.2) is 17.3 Å². The number of allylic oxidation sites excluding steroid dienone is 6. The summed E-state index contributed by atoms with van der Waals surface area (Å²) in [5.41, 5.74) is 26.2. The number of rotatable bonds is 12. The van der Waals surface area contributed by atoms with E-state index in [2.05, 4.69) is 250 Å². The molecule has 128 heavy (non-hydrogen) atoms. The number of nitrogens with zero attached hydrogens (tertiary/aromatic N) is 6. The molecule has 0 saturated carbocycles. The van der Waals surface area contributed by atoms with Crippen molar-refractivity contribution in [2.45, 2.75) is 174 Å². The largest absolute Gasteiger partial charge is 0.512 e. The molecule has 3 radical (unpaired) electrons. The summed E-state index contributed by atoms with van der Waals surface area (Å²) in [6.45, 7) is 41.7. The molecule has 18 aromatic rings. The summed E-state index contributed by atoms with van der Waals surface area (Å²) in [4.78, 5) is 62.6. The fraction of sp³-hybridized carbons (Fsp3) is 0.243. The Hall–Kier alpha value is -10.9. The molecule has 0 aliphatic heterocycles. The number of aliphatic hydroxyl groups is 3. The van der Waals surface area contributed by atoms with E-state index in [0.29, 0.717) is 34.9 Å². The van der Waals surface area contributed by atoms with Crippen LogP contribution in [0.25, 0.3) is 162 Å². The third-order valence-electron chi connectivity index (χ3n) is 20.9. The summed E-state index contributed by atoms with van der Waals surface area (Å²) in [6, 6.07) is 76.3. The number of furan rings is 3. The molecule has 21 heteroatoms. The van der Waals surface area contributed by atoms with Gasteiger partial charge in [-0.05, 0) is 237 Å². The monoisotopic (exact) mass is 2290 g/mol. The van der Waals surface area contributed by atoms with Crippen molar-refractivity contribution < 1.29 is 103 Å². The number of aryl methyl sites for hydroxylation is 3. The zero-order valence-corrected chi connectivity index (χ0v) is 85.2. The first-order valence-electron chi connectivity index (χ1n) is 41.7. The number of pyridine rings is 6. The second-order valence-electron chi connectivity index (χ2n) is 34.5. The van der Waals surface area contributed by atoms with Gasteiger partial charge in [-0.2, -0.15) is 0 Å². The molecule has 0 aliphatic carbocycles. The Kier molecular flexibility index (Phi) is 32.6. The normalized spacial score (nSPS) is 11.8. The van der Waals surface area contributed by atoms with Crippen LogP contribution in [0, 0.1) is 39.0 Å². The van der Waals surface area contributed by atoms with Crippen molar-refractivity contribution in [2.75, 3.05) is 0 Å². The number of benzene rings is 6. The van der Waals surface area contributed by atoms with E-state index in [0.717, 1.165) is 116 Å². The van der Waals surface area contributed by atoms with Crippen molar-refractivity contribution >= 4 is 148 Å². The Morgan fingerprint density at radius 2 is 0.688 bits per heavy atom. The molecule has 3 N–H and O–H groups in total. The van der Waals surface area contributed by atoms with Gasteiger partial charge in [0, 0.05) is 126 Å². The first-order valence-corrected chi connectivity index (χ1v) is 44.2. The van der Waals surface area contributed by atoms with Gasteiger partial charge in [0.1, 0.15) is 0 Å². The molecule has 6 aromatic carbocycles. The van der Waals surface area contributed by atoms with Crippen LogP contribution in [0.2, 0.25) is 0 Å². The molecule has 18 rings (SSSR count). The number of aromatic nitrogens is 6. The maximum atomic E-state index is 10.0. The first-order chi connectivity index (χ1) is 59.3. The van der Waals surface area contributed by atoms with E-state index in [1.54, 1.807) is 22.7 Å². The van der Waals surface area contributed by atoms with Gasteiger partial charge in [0.25, 0.3) is 0 Å². The molecule has 0 aliphatic rings. The number of fused-ring (bicyclic) bond motifs is 12. The van der Waals surface area contributed by atoms with Gasteiger partial charge in [0.05, 0.1) is 64.7 Å². The molecule has 0 atom stereocenters. The van der Waals surface area contributed by atoms with Crippen LogP contribution < -0.4 is 0 Å². The molecule has 0 fully saturated rings. The molecular formula is C107H103Ir3N6O9S3-3. The third kappa shape index (κ3) is 23.4. The standard InChI is InChI=1S/C33H31N2OS.C31H27N2OS.C28H21N2OS.3C5H8O2.3Ir/c1-19-11-12-24-23-9-8-10-25(30(23)36-31(24)34-19)26-13-14-28-27(35-26)18-29(37-28)20-15-21(32(2,3)4)17-22(16-20)33(5,6)7;1-17(2)20-8-6-9-21(18(3)4)29(20)28-16-26-27(35-28)15-14-25(33-26)24-11-7-10-22-23-13-12-19(5)32-31(23)34-30(22)24;1-16(2)18-8-10-19(11-9-18)26-15-24-25(32-26)14-13-23(30-24)22-6-4-5-20-21-12-7-17(3)29-28(21)31-27(20)22;3*1-4(6)3-5(2)7;;;/h8-9,11-18H,1-7H3;6-10,12-18H,1-5H3;4-5,7-16H,1-3H3;3*3,6H,1-2H3;;;/q3*-1;;;;;;. The molecule has 12 heterocycles. The van der Waals surface area contributed by atoms with Gasteiger partial charge >= 0.3 is 0 Å². The fourth-order valence-corrected chi connectivity index (χ4v) is 17.8. The van der Waals surface area contributed by atoms with Gasteiger partial charge in [-0.25, -0.2) is 15.0 Å². The molecule has 0 saturated heterocycles. The van der Waals surface area contributed by atoms with Crippen LogP contribution in [0.15, 0.2) is 237 Å². The summed E-state index contributed by atoms with van der Waals surface area (Å²) in [5.74, 6) is 1.25. The predicted molar refractivity (Wildman–Crippen MR) is 518 cm³/mol. The van der Waals surface area contributed by atoms with Crippen molar-refractivity contribution in [1.82, 2.24) is 29.9 Å². The van der Waals surface area contributed by atoms with E-state index in [1.165, 1.54) is 133 Å². The number of carbonyl (C=O) groups excluding carboxylic acids is 3. The average molecular weight is 2290 g/mol. The van der Waals surface area contributed by atoms with E-state index in [1.807, 2.05) is 86.7 Å². The van der Waals surface area contributed by atoms with Crippen molar-refractivity contribution in [3.63, 3.8) is 0 Å². The van der Waals surface area contributed by atoms with Crippen LogP contribution >= 0.6 is 34.0 Å². The van der Waals surface area contributed by atoms with Crippen LogP contribution in [0.3, 0.4) is 0 Å². The number of hydrogen-bond acceptors (Lipinski definition) is 18. The van der Waals surface area contributed by atoms with Crippen molar-refractivity contribution in [2.24, 2.45) is 0 Å². The Bertz CT molecular complexity index is 7090. The third-order valence-corrected chi connectivity index (χ3v) is 24.3. The number of carbonyl (C=O) groups is 3. The Balaban J connectivity index is 0.000000178. The van der Waals surface area contributed by atoms with E-state index >= 15 is 0 Å². The smallest absolute Gasteiger partial charge is 0.216 e. The summed E-state index contributed by atoms with van der Waals surface area (Å²) < 4.78 is 22.1. The fourth-order valence-electron chi connectivity index (χ4n) is 14.7. The van der Waals surface area contributed by atoms with Crippen LogP contribution in [0.1, 0.15) is 187 Å². The zero-order chi connectivity index (χ0) is 89.8. The van der Waals surface area contributed by atoms with E-state index < -0.39 is 0 Å². The van der Waals surface area contributed by atoms with Crippen LogP contribution in [0.5, 0.6) is 0 Å². The first kappa shape index (κ1) is 99.2. The second-order valence-corrected chi connectivity index (χ2v) is 37.7. The number of aliphatic hydroxyl groups excluding tert-OH is 3. The van der Waals surface area contributed by atoms with Gasteiger partial charge in [-0.3, -0.25) is 29.3 Å². The molecule has 0 amide bonds. The summed E-state index contributed by atoms with van der Waals surface area (Å²) in [6.07, 6.45) is 3.50. The number of hydrogen-bond donors (Lipinski definition) is 3. The van der Waals surface area contributed by atoms with E-state index in [-0.39, 0.29) is 106 Å². The quantitative estimate of drug-likeness (QED) is 0.0587. The predicted octanol–water partition coefficient (Wildman–Crippen LogP) is 30.2. The van der Waals surface area contributed by atoms with Crippen molar-refractivity contribution in [1.29, 1.82) is 0 Å². The SMILES string of the molecule is CC(=O)C=C(C)O.CC(=O)C=C(C)O.CC(=O)C=C(C)O.Cc1ccc2c(n1)oc1c(-c3ccc4sc(-c5c(C(C)C)cccc5C(C)C)cc4n3)[c-]ccc12.Cc1ccc2c(n1)oc1c(-c3ccc4sc(-c5cc(C(C)(C)C)cc(C(C)(C)C)c5)cc4n3)[c-]ccc12.Cc1ccc2c(n1)oc1c(-c3ccc4sc(-c5ccc(C(C)C)cc5)cc4n3)[c-]ccc12.[Ir].[Ir].[Ir]. The van der Waals surface area contributed by atoms with E-state index in [9.17, 15) is 14.4 Å². The zero-order valence-electron chi connectivity index (χ0n) is 75.6. The van der Waals surface area contributed by atoms with Gasteiger partial charge in [-0.15, -0.1) is 88.6 Å². The average Bonchev–Trinajstić information content (AvgIpc) is 1.40. The van der Waals surface area contributed by atoms with Crippen molar-refractivity contribution in [3.8, 4) is 65.1 Å². The summed E-state index contributed by atoms with van der Waals surface area (Å²) in [7, 11) is 0. The van der Waals surface area contributed by atoms with Gasteiger partial charge < -0.3 is 28.6 Å².